The minimum absolute atomic E-state index is 0.00962. The highest BCUT2D eigenvalue weighted by molar-refractivity contribution is 7.84. The third kappa shape index (κ3) is 5.72. The molecule has 12 heteroatoms. The molecule has 2 aromatic carbocycles. The van der Waals surface area contributed by atoms with Crippen molar-refractivity contribution in [2.24, 2.45) is 0 Å². The molecule has 3 aromatic heterocycles. The van der Waals surface area contributed by atoms with Gasteiger partial charge >= 0.3 is 6.61 Å². The Morgan fingerprint density at radius 2 is 1.83 bits per heavy atom. The van der Waals surface area contributed by atoms with Gasteiger partial charge in [0.05, 0.1) is 64.9 Å². The lowest BCUT2D eigenvalue weighted by Gasteiger charge is -2.10. The first-order valence-corrected chi connectivity index (χ1v) is 11.6. The van der Waals surface area contributed by atoms with E-state index in [-0.39, 0.29) is 16.7 Å². The van der Waals surface area contributed by atoms with Crippen LogP contribution in [0.15, 0.2) is 66.2 Å². The van der Waals surface area contributed by atoms with E-state index in [1.165, 1.54) is 38.6 Å². The van der Waals surface area contributed by atoms with Crippen LogP contribution in [0.3, 0.4) is 0 Å². The van der Waals surface area contributed by atoms with Crippen LogP contribution in [-0.4, -0.2) is 50.0 Å². The fraction of sp³-hybridized carbons (Fsp3) is 0.174. The number of fused-ring (bicyclic) bond motifs is 2. The standard InChI is InChI=1S/C16H15F2N3O4S.C7H6N2/c1-23-13-5-6-19-12(14(13)24-2)8-26(22)16-20-10-4-3-9(25-15(17)18)7-11(10)21-16;1-2-4-7-6(3-1)8-5-9-7/h3-7,15H,8H2,1-2H3,(H,20,21);1-5H,(H,8,9). The summed E-state index contributed by atoms with van der Waals surface area (Å²) in [5.74, 6) is 0.908. The number of H-pyrrole nitrogens is 2. The number of benzene rings is 2. The van der Waals surface area contributed by atoms with Crippen LogP contribution in [0.4, 0.5) is 8.78 Å². The molecule has 3 heterocycles. The number of imidazole rings is 2. The maximum atomic E-state index is 12.6. The third-order valence-electron chi connectivity index (χ3n) is 4.83. The lowest BCUT2D eigenvalue weighted by Crippen LogP contribution is -2.04. The van der Waals surface area contributed by atoms with Crippen molar-refractivity contribution in [2.75, 3.05) is 14.2 Å². The number of aromatic amines is 2. The molecule has 0 aliphatic heterocycles. The molecule has 2 N–H and O–H groups in total. The minimum Gasteiger partial charge on any atom is -0.493 e. The van der Waals surface area contributed by atoms with Gasteiger partial charge in [-0.1, -0.05) is 12.1 Å². The molecule has 1 unspecified atom stereocenters. The lowest BCUT2D eigenvalue weighted by molar-refractivity contribution is -0.0497. The van der Waals surface area contributed by atoms with Crippen molar-refractivity contribution in [3.05, 3.63) is 66.7 Å². The molecule has 0 saturated heterocycles. The molecular weight excluding hydrogens is 480 g/mol. The number of hydrogen-bond donors (Lipinski definition) is 2. The number of para-hydroxylation sites is 2. The average Bonchev–Trinajstić information content (AvgIpc) is 3.50. The van der Waals surface area contributed by atoms with Crippen LogP contribution in [0.1, 0.15) is 5.69 Å². The topological polar surface area (TPSA) is 115 Å². The van der Waals surface area contributed by atoms with Crippen LogP contribution < -0.4 is 14.2 Å². The molecule has 0 aliphatic rings. The smallest absolute Gasteiger partial charge is 0.387 e. The van der Waals surface area contributed by atoms with Gasteiger partial charge in [-0.2, -0.15) is 8.78 Å². The lowest BCUT2D eigenvalue weighted by atomic mass is 10.3. The summed E-state index contributed by atoms with van der Waals surface area (Å²) in [6.07, 6.45) is 3.23. The Balaban J connectivity index is 0.000000266. The highest BCUT2D eigenvalue weighted by Gasteiger charge is 2.18. The first-order valence-electron chi connectivity index (χ1n) is 10.3. The fourth-order valence-electron chi connectivity index (χ4n) is 3.27. The maximum Gasteiger partial charge on any atom is 0.387 e. The van der Waals surface area contributed by atoms with E-state index >= 15 is 0 Å². The number of aromatic nitrogens is 5. The van der Waals surface area contributed by atoms with Crippen molar-refractivity contribution in [1.82, 2.24) is 24.9 Å². The Morgan fingerprint density at radius 1 is 1.00 bits per heavy atom. The molecule has 0 aliphatic carbocycles. The van der Waals surface area contributed by atoms with Gasteiger partial charge in [0.1, 0.15) is 5.75 Å². The molecule has 0 amide bonds. The van der Waals surface area contributed by atoms with Crippen LogP contribution >= 0.6 is 0 Å². The van der Waals surface area contributed by atoms with Crippen molar-refractivity contribution < 1.29 is 27.2 Å². The highest BCUT2D eigenvalue weighted by atomic mass is 32.2. The van der Waals surface area contributed by atoms with E-state index in [1.807, 2.05) is 24.3 Å². The van der Waals surface area contributed by atoms with E-state index in [2.05, 4.69) is 29.7 Å². The fourth-order valence-corrected chi connectivity index (χ4v) is 4.29. The van der Waals surface area contributed by atoms with Crippen molar-refractivity contribution in [1.29, 1.82) is 0 Å². The Hall–Kier alpha value is -4.06. The van der Waals surface area contributed by atoms with Gasteiger partial charge in [0.25, 0.3) is 0 Å². The van der Waals surface area contributed by atoms with E-state index in [4.69, 9.17) is 9.47 Å². The number of hydrogen-bond acceptors (Lipinski definition) is 7. The van der Waals surface area contributed by atoms with Crippen LogP contribution in [0, 0.1) is 0 Å². The molecule has 9 nitrogen and oxygen atoms in total. The molecule has 0 saturated carbocycles. The summed E-state index contributed by atoms with van der Waals surface area (Å²) in [6.45, 7) is -2.92. The summed E-state index contributed by atoms with van der Waals surface area (Å²) in [6, 6.07) is 13.8. The zero-order chi connectivity index (χ0) is 24.8. The molecule has 0 bridgehead atoms. The van der Waals surface area contributed by atoms with E-state index in [0.29, 0.717) is 28.2 Å². The maximum absolute atomic E-state index is 12.6. The van der Waals surface area contributed by atoms with Crippen LogP contribution in [0.2, 0.25) is 0 Å². The number of rotatable bonds is 7. The molecular formula is C23H21F2N5O4S. The molecule has 5 aromatic rings. The first-order chi connectivity index (χ1) is 17.0. The zero-order valence-corrected chi connectivity index (χ0v) is 19.5. The van der Waals surface area contributed by atoms with E-state index in [0.717, 1.165) is 11.0 Å². The molecule has 0 fully saturated rings. The summed E-state index contributed by atoms with van der Waals surface area (Å²) in [5, 5.41) is 0.195. The summed E-state index contributed by atoms with van der Waals surface area (Å²) in [4.78, 5) is 18.3. The van der Waals surface area contributed by atoms with E-state index in [9.17, 15) is 13.0 Å². The predicted octanol–water partition coefficient (Wildman–Crippen LogP) is 4.45. The summed E-state index contributed by atoms with van der Waals surface area (Å²) >= 11 is 0. The molecule has 0 radical (unpaired) electrons. The summed E-state index contributed by atoms with van der Waals surface area (Å²) in [5.41, 5.74) is 3.50. The van der Waals surface area contributed by atoms with Crippen LogP contribution in [0.5, 0.6) is 17.2 Å². The van der Waals surface area contributed by atoms with Crippen LogP contribution in [-0.2, 0) is 16.6 Å². The highest BCUT2D eigenvalue weighted by Crippen LogP contribution is 2.30. The van der Waals surface area contributed by atoms with Crippen molar-refractivity contribution >= 4 is 32.9 Å². The monoisotopic (exact) mass is 501 g/mol. The number of halogens is 2. The average molecular weight is 502 g/mol. The van der Waals surface area contributed by atoms with Gasteiger partial charge in [-0.25, -0.2) is 9.97 Å². The normalized spacial score (nSPS) is 11.8. The van der Waals surface area contributed by atoms with Crippen LogP contribution in [0.25, 0.3) is 22.1 Å². The largest absolute Gasteiger partial charge is 0.493 e. The second-order valence-electron chi connectivity index (χ2n) is 7.00. The first kappa shape index (κ1) is 24.1. The van der Waals surface area contributed by atoms with Gasteiger partial charge in [0.2, 0.25) is 0 Å². The number of pyridine rings is 1. The van der Waals surface area contributed by atoms with E-state index < -0.39 is 17.4 Å². The Labute approximate surface area is 200 Å². The number of methoxy groups -OCH3 is 2. The zero-order valence-electron chi connectivity index (χ0n) is 18.7. The molecule has 182 valence electrons. The van der Waals surface area contributed by atoms with Crippen molar-refractivity contribution in [3.8, 4) is 17.2 Å². The minimum atomic E-state index is -2.92. The molecule has 5 rings (SSSR count). The van der Waals surface area contributed by atoms with Gasteiger partial charge in [0, 0.05) is 18.3 Å². The number of nitrogens with zero attached hydrogens (tertiary/aromatic N) is 3. The predicted molar refractivity (Wildman–Crippen MR) is 126 cm³/mol. The number of nitrogens with one attached hydrogen (secondary N) is 2. The van der Waals surface area contributed by atoms with Gasteiger partial charge in [-0.3, -0.25) is 9.19 Å². The van der Waals surface area contributed by atoms with E-state index in [1.54, 1.807) is 12.4 Å². The number of ether oxygens (including phenoxy) is 3. The number of alkyl halides is 2. The molecule has 35 heavy (non-hydrogen) atoms. The SMILES string of the molecule is COc1ccnc(CS(=O)c2nc3ccc(OC(F)F)cc3[nH]2)c1OC.c1ccc2[nH]cnc2c1. The van der Waals surface area contributed by atoms with Gasteiger partial charge in [0.15, 0.2) is 16.7 Å². The Kier molecular flexibility index (Phi) is 7.51. The second-order valence-corrected chi connectivity index (χ2v) is 8.37. The molecule has 0 spiro atoms. The second kappa shape index (κ2) is 10.9. The molecule has 1 atom stereocenters. The van der Waals surface area contributed by atoms with Crippen molar-refractivity contribution in [3.63, 3.8) is 0 Å². The van der Waals surface area contributed by atoms with Gasteiger partial charge in [-0.05, 0) is 24.3 Å². The summed E-state index contributed by atoms with van der Waals surface area (Å²) < 4.78 is 52.1. The Bertz CT molecular complexity index is 1430. The third-order valence-corrected chi connectivity index (χ3v) is 5.99. The van der Waals surface area contributed by atoms with Gasteiger partial charge < -0.3 is 24.2 Å². The Morgan fingerprint density at radius 3 is 2.57 bits per heavy atom. The van der Waals surface area contributed by atoms with Gasteiger partial charge in [-0.15, -0.1) is 0 Å². The summed E-state index contributed by atoms with van der Waals surface area (Å²) in [7, 11) is 1.41. The van der Waals surface area contributed by atoms with Crippen molar-refractivity contribution in [2.45, 2.75) is 17.5 Å². The quantitative estimate of drug-likeness (QED) is 0.339.